The van der Waals surface area contributed by atoms with Gasteiger partial charge in [0.25, 0.3) is 0 Å². The lowest BCUT2D eigenvalue weighted by Gasteiger charge is -2.31. The molecule has 2 unspecified atom stereocenters. The van der Waals surface area contributed by atoms with E-state index in [2.05, 4.69) is 5.32 Å². The minimum atomic E-state index is -4.96. The van der Waals surface area contributed by atoms with Crippen molar-refractivity contribution in [1.29, 1.82) is 0 Å². The summed E-state index contributed by atoms with van der Waals surface area (Å²) in [6.07, 6.45) is -4.96. The number of carbonyl (C=O) groups is 1. The maximum atomic E-state index is 13.4. The van der Waals surface area contributed by atoms with Gasteiger partial charge in [0.1, 0.15) is 6.04 Å². The topological polar surface area (TPSA) is 75.4 Å². The van der Waals surface area contributed by atoms with Crippen molar-refractivity contribution in [1.82, 2.24) is 5.32 Å². The second-order valence-electron chi connectivity index (χ2n) is 5.83. The van der Waals surface area contributed by atoms with E-state index in [0.29, 0.717) is 5.56 Å². The van der Waals surface area contributed by atoms with Gasteiger partial charge in [-0.25, -0.2) is 0 Å². The first-order valence-electron chi connectivity index (χ1n) is 7.59. The molecule has 0 fully saturated rings. The molecular formula is C18H19F3N2O2. The van der Waals surface area contributed by atoms with Crippen LogP contribution in [0.3, 0.4) is 0 Å². The zero-order chi connectivity index (χ0) is 18.7. The number of hydrogen-bond donors (Lipinski definition) is 3. The Balaban J connectivity index is 2.15. The molecule has 0 heterocycles. The number of rotatable bonds is 5. The molecule has 1 amide bonds. The van der Waals surface area contributed by atoms with Gasteiger partial charge < -0.3 is 16.2 Å². The summed E-state index contributed by atoms with van der Waals surface area (Å²) in [5.74, 6) is -0.803. The molecule has 0 spiro atoms. The Hall–Kier alpha value is -2.38. The van der Waals surface area contributed by atoms with Crippen LogP contribution in [0, 0.1) is 6.92 Å². The van der Waals surface area contributed by atoms with Crippen molar-refractivity contribution in [3.63, 3.8) is 0 Å². The molecule has 0 aliphatic heterocycles. The van der Waals surface area contributed by atoms with Gasteiger partial charge in [-0.05, 0) is 18.1 Å². The smallest absolute Gasteiger partial charge is 0.375 e. The molecule has 25 heavy (non-hydrogen) atoms. The number of aliphatic hydroxyl groups is 1. The third-order valence-corrected chi connectivity index (χ3v) is 3.96. The van der Waals surface area contributed by atoms with Crippen molar-refractivity contribution in [3.8, 4) is 0 Å². The van der Waals surface area contributed by atoms with Gasteiger partial charge in [-0.2, -0.15) is 13.2 Å². The predicted octanol–water partition coefficient (Wildman–Crippen LogP) is 2.56. The van der Waals surface area contributed by atoms with E-state index >= 15 is 0 Å². The van der Waals surface area contributed by atoms with E-state index in [1.54, 1.807) is 24.3 Å². The predicted molar refractivity (Wildman–Crippen MR) is 87.5 cm³/mol. The number of amides is 1. The average molecular weight is 352 g/mol. The van der Waals surface area contributed by atoms with Gasteiger partial charge in [-0.1, -0.05) is 60.2 Å². The summed E-state index contributed by atoms with van der Waals surface area (Å²) in [5, 5.41) is 12.3. The van der Waals surface area contributed by atoms with Crippen molar-refractivity contribution >= 4 is 5.91 Å². The Morgan fingerprint density at radius 1 is 1.12 bits per heavy atom. The van der Waals surface area contributed by atoms with Crippen LogP contribution in [0.1, 0.15) is 22.7 Å². The third kappa shape index (κ3) is 4.18. The maximum Gasteiger partial charge on any atom is 0.423 e. The molecule has 2 aromatic rings. The van der Waals surface area contributed by atoms with E-state index in [1.165, 1.54) is 18.2 Å². The summed E-state index contributed by atoms with van der Waals surface area (Å²) in [5.41, 5.74) is 3.67. The molecule has 0 aromatic heterocycles. The highest BCUT2D eigenvalue weighted by atomic mass is 19.4. The summed E-state index contributed by atoms with van der Waals surface area (Å²) >= 11 is 0. The monoisotopic (exact) mass is 352 g/mol. The van der Waals surface area contributed by atoms with Crippen molar-refractivity contribution in [2.45, 2.75) is 24.7 Å². The van der Waals surface area contributed by atoms with Gasteiger partial charge in [0.05, 0.1) is 6.54 Å². The van der Waals surface area contributed by atoms with Crippen LogP contribution < -0.4 is 11.1 Å². The Morgan fingerprint density at radius 2 is 1.68 bits per heavy atom. The number of nitrogens with two attached hydrogens (primary N) is 1. The largest absolute Gasteiger partial charge is 0.423 e. The first-order chi connectivity index (χ1) is 11.6. The lowest BCUT2D eigenvalue weighted by molar-refractivity contribution is -0.264. The molecule has 134 valence electrons. The summed E-state index contributed by atoms with van der Waals surface area (Å²) in [7, 11) is 0. The maximum absolute atomic E-state index is 13.4. The number of hydrogen-bond acceptors (Lipinski definition) is 3. The Morgan fingerprint density at radius 3 is 2.20 bits per heavy atom. The second-order valence-corrected chi connectivity index (χ2v) is 5.83. The van der Waals surface area contributed by atoms with Crippen LogP contribution in [0.2, 0.25) is 0 Å². The first kappa shape index (κ1) is 19.0. The normalized spacial score (nSPS) is 15.3. The average Bonchev–Trinajstić information content (AvgIpc) is 2.59. The number of benzene rings is 2. The first-order valence-corrected chi connectivity index (χ1v) is 7.59. The Kier molecular flexibility index (Phi) is 5.49. The highest BCUT2D eigenvalue weighted by molar-refractivity contribution is 5.83. The molecule has 0 bridgehead atoms. The van der Waals surface area contributed by atoms with E-state index in [0.717, 1.165) is 17.7 Å². The van der Waals surface area contributed by atoms with Gasteiger partial charge in [0.2, 0.25) is 11.5 Å². The van der Waals surface area contributed by atoms with E-state index in [-0.39, 0.29) is 5.56 Å². The third-order valence-electron chi connectivity index (χ3n) is 3.96. The number of halogens is 3. The number of carbonyl (C=O) groups excluding carboxylic acids is 1. The van der Waals surface area contributed by atoms with Gasteiger partial charge in [0.15, 0.2) is 0 Å². The molecular weight excluding hydrogens is 333 g/mol. The minimum absolute atomic E-state index is 0.355. The molecule has 4 N–H and O–H groups in total. The van der Waals surface area contributed by atoms with E-state index in [9.17, 15) is 23.1 Å². The van der Waals surface area contributed by atoms with Crippen LogP contribution in [0.25, 0.3) is 0 Å². The quantitative estimate of drug-likeness (QED) is 0.774. The molecule has 2 aromatic carbocycles. The number of aryl methyl sites for hydroxylation is 1. The van der Waals surface area contributed by atoms with Crippen LogP contribution in [0.15, 0.2) is 54.6 Å². The van der Waals surface area contributed by atoms with Crippen molar-refractivity contribution in [2.24, 2.45) is 5.73 Å². The van der Waals surface area contributed by atoms with Crippen LogP contribution in [-0.2, 0) is 10.4 Å². The molecule has 2 atom stereocenters. The summed E-state index contributed by atoms with van der Waals surface area (Å²) in [6.45, 7) is 0.831. The van der Waals surface area contributed by atoms with Gasteiger partial charge in [0, 0.05) is 0 Å². The van der Waals surface area contributed by atoms with Gasteiger partial charge in [-0.3, -0.25) is 4.79 Å². The Labute approximate surface area is 143 Å². The molecule has 2 rings (SSSR count). The minimum Gasteiger partial charge on any atom is -0.375 e. The molecule has 0 aliphatic rings. The van der Waals surface area contributed by atoms with Gasteiger partial charge in [-0.15, -0.1) is 0 Å². The molecule has 4 nitrogen and oxygen atoms in total. The van der Waals surface area contributed by atoms with Crippen molar-refractivity contribution < 1.29 is 23.1 Å². The fourth-order valence-corrected chi connectivity index (χ4v) is 2.33. The molecule has 0 aliphatic carbocycles. The highest BCUT2D eigenvalue weighted by Gasteiger charge is 2.55. The number of alkyl halides is 3. The Bertz CT molecular complexity index is 717. The standard InChI is InChI=1S/C18H19F3N2O2/c1-12-7-9-13(10-8-12)15(22)16(24)23-11-17(25,18(19,20)21)14-5-3-2-4-6-14/h2-10,15,25H,11,22H2,1H3,(H,23,24). The fourth-order valence-electron chi connectivity index (χ4n) is 2.33. The van der Waals surface area contributed by atoms with E-state index in [4.69, 9.17) is 5.73 Å². The van der Waals surface area contributed by atoms with Crippen LogP contribution >= 0.6 is 0 Å². The molecule has 0 saturated heterocycles. The van der Waals surface area contributed by atoms with Gasteiger partial charge >= 0.3 is 6.18 Å². The highest BCUT2D eigenvalue weighted by Crippen LogP contribution is 2.38. The summed E-state index contributed by atoms with van der Waals surface area (Å²) in [6, 6.07) is 12.2. The van der Waals surface area contributed by atoms with Crippen molar-refractivity contribution in [3.05, 3.63) is 71.3 Å². The lowest BCUT2D eigenvalue weighted by Crippen LogP contribution is -2.52. The zero-order valence-corrected chi connectivity index (χ0v) is 13.5. The SMILES string of the molecule is Cc1ccc(C(N)C(=O)NCC(O)(c2ccccc2)C(F)(F)F)cc1. The molecule has 0 radical (unpaired) electrons. The van der Waals surface area contributed by atoms with Crippen LogP contribution in [0.5, 0.6) is 0 Å². The lowest BCUT2D eigenvalue weighted by atomic mass is 9.92. The fraction of sp³-hybridized carbons (Fsp3) is 0.278. The van der Waals surface area contributed by atoms with Crippen LogP contribution in [0.4, 0.5) is 13.2 Å². The van der Waals surface area contributed by atoms with Crippen LogP contribution in [-0.4, -0.2) is 23.7 Å². The number of nitrogens with one attached hydrogen (secondary N) is 1. The van der Waals surface area contributed by atoms with Crippen molar-refractivity contribution in [2.75, 3.05) is 6.54 Å². The molecule has 0 saturated carbocycles. The summed E-state index contributed by atoms with van der Waals surface area (Å²) in [4.78, 5) is 12.1. The molecule has 7 heteroatoms. The van der Waals surface area contributed by atoms with E-state index < -0.39 is 30.3 Å². The van der Waals surface area contributed by atoms with E-state index in [1.807, 2.05) is 6.92 Å². The second kappa shape index (κ2) is 7.25. The summed E-state index contributed by atoms with van der Waals surface area (Å²) < 4.78 is 40.1. The zero-order valence-electron chi connectivity index (χ0n) is 13.5.